The first-order chi connectivity index (χ1) is 17.7. The Morgan fingerprint density at radius 3 is 2.54 bits per heavy atom. The van der Waals surface area contributed by atoms with Crippen molar-refractivity contribution in [2.75, 3.05) is 30.0 Å². The van der Waals surface area contributed by atoms with Gasteiger partial charge in [0.15, 0.2) is 17.0 Å². The van der Waals surface area contributed by atoms with E-state index in [-0.39, 0.29) is 30.2 Å². The molecule has 0 spiro atoms. The number of nitrogens with one attached hydrogen (secondary N) is 1. The quantitative estimate of drug-likeness (QED) is 0.202. The number of carboxylic acids is 1. The molecule has 3 aromatic rings. The number of ether oxygens (including phenoxy) is 1. The molecule has 0 fully saturated rings. The molecule has 1 amide bonds. The monoisotopic (exact) mass is 510 g/mol. The zero-order valence-electron chi connectivity index (χ0n) is 20.7. The van der Waals surface area contributed by atoms with Crippen LogP contribution in [0.1, 0.15) is 48.7 Å². The molecule has 3 rings (SSSR count). The number of benzene rings is 1. The molecule has 0 aliphatic carbocycles. The Morgan fingerprint density at radius 1 is 1.14 bits per heavy atom. The number of carbonyl (C=O) groups excluding carboxylic acids is 2. The van der Waals surface area contributed by atoms with Gasteiger partial charge in [0.2, 0.25) is 5.95 Å². The van der Waals surface area contributed by atoms with Crippen LogP contribution in [-0.2, 0) is 20.9 Å². The summed E-state index contributed by atoms with van der Waals surface area (Å²) in [4.78, 5) is 54.5. The third-order valence-corrected chi connectivity index (χ3v) is 5.47. The molecule has 196 valence electrons. The molecule has 13 nitrogen and oxygen atoms in total. The van der Waals surface area contributed by atoms with Gasteiger partial charge in [0.1, 0.15) is 6.04 Å². The zero-order chi connectivity index (χ0) is 26.9. The van der Waals surface area contributed by atoms with Crippen LogP contribution < -0.4 is 21.7 Å². The lowest BCUT2D eigenvalue weighted by Gasteiger charge is -2.19. The smallest absolute Gasteiger partial charge is 0.326 e. The molecule has 13 heteroatoms. The summed E-state index contributed by atoms with van der Waals surface area (Å²) in [7, 11) is 1.84. The molecule has 1 aromatic carbocycles. The molecule has 2 heterocycles. The molecule has 0 saturated heterocycles. The van der Waals surface area contributed by atoms with Gasteiger partial charge in [-0.25, -0.2) is 14.8 Å². The first kappa shape index (κ1) is 27.0. The van der Waals surface area contributed by atoms with Crippen LogP contribution in [0, 0.1) is 0 Å². The highest BCUT2D eigenvalue weighted by Crippen LogP contribution is 2.19. The lowest BCUT2D eigenvalue weighted by Crippen LogP contribution is -2.41. The van der Waals surface area contributed by atoms with Gasteiger partial charge in [-0.3, -0.25) is 9.59 Å². The summed E-state index contributed by atoms with van der Waals surface area (Å²) in [6, 6.07) is 5.40. The van der Waals surface area contributed by atoms with Gasteiger partial charge >= 0.3 is 11.9 Å². The standard InChI is InChI=1S/C24H30N8O5/c1-3-4-11-37-18(33)10-9-17(23(35)36)29-22(34)14-5-7-16(8-6-14)32(2)13-15-12-27-21-19(28-15)20(25)30-24(26)31-21/h5-8,12,17H,3-4,9-11,13H2,1-2H3,(H,29,34)(H,35,36)(H4,25,26,27,30,31)/t17-/m0/s1. The van der Waals surface area contributed by atoms with Crippen molar-refractivity contribution in [1.82, 2.24) is 25.3 Å². The molecular weight excluding hydrogens is 480 g/mol. The molecule has 1 atom stereocenters. The minimum atomic E-state index is -1.23. The average Bonchev–Trinajstić information content (AvgIpc) is 2.86. The third-order valence-electron chi connectivity index (χ3n) is 5.47. The fraction of sp³-hybridized carbons (Fsp3) is 0.375. The first-order valence-corrected chi connectivity index (χ1v) is 11.7. The lowest BCUT2D eigenvalue weighted by atomic mass is 10.1. The molecular formula is C24H30N8O5. The van der Waals surface area contributed by atoms with E-state index in [1.807, 2.05) is 18.9 Å². The predicted octanol–water partition coefficient (Wildman–Crippen LogP) is 1.53. The van der Waals surface area contributed by atoms with Gasteiger partial charge in [-0.2, -0.15) is 9.97 Å². The Morgan fingerprint density at radius 2 is 1.86 bits per heavy atom. The van der Waals surface area contributed by atoms with Gasteiger partial charge in [0.05, 0.1) is 25.0 Å². The second-order valence-electron chi connectivity index (χ2n) is 8.38. The lowest BCUT2D eigenvalue weighted by molar-refractivity contribution is -0.144. The van der Waals surface area contributed by atoms with Crippen molar-refractivity contribution in [3.8, 4) is 0 Å². The van der Waals surface area contributed by atoms with Crippen molar-refractivity contribution in [2.24, 2.45) is 0 Å². The number of hydrogen-bond acceptors (Lipinski definition) is 11. The van der Waals surface area contributed by atoms with Gasteiger partial charge in [-0.15, -0.1) is 0 Å². The van der Waals surface area contributed by atoms with E-state index in [1.165, 1.54) is 0 Å². The van der Waals surface area contributed by atoms with E-state index in [2.05, 4.69) is 25.3 Å². The van der Waals surface area contributed by atoms with Crippen molar-refractivity contribution < 1.29 is 24.2 Å². The highest BCUT2D eigenvalue weighted by atomic mass is 16.5. The second kappa shape index (κ2) is 12.4. The number of nitrogens with zero attached hydrogens (tertiary/aromatic N) is 5. The SMILES string of the molecule is CCCCOC(=O)CC[C@H](NC(=O)c1ccc(N(C)Cc2cnc3nc(N)nc(N)c3n2)cc1)C(=O)O. The molecule has 2 aromatic heterocycles. The topological polar surface area (TPSA) is 200 Å². The predicted molar refractivity (Wildman–Crippen MR) is 136 cm³/mol. The van der Waals surface area contributed by atoms with E-state index in [0.29, 0.717) is 30.0 Å². The van der Waals surface area contributed by atoms with E-state index < -0.39 is 23.9 Å². The van der Waals surface area contributed by atoms with E-state index in [4.69, 9.17) is 16.2 Å². The summed E-state index contributed by atoms with van der Waals surface area (Å²) in [5.74, 6) is -2.11. The summed E-state index contributed by atoms with van der Waals surface area (Å²) in [5.41, 5.74) is 13.8. The highest BCUT2D eigenvalue weighted by Gasteiger charge is 2.22. The van der Waals surface area contributed by atoms with Crippen LogP contribution in [-0.4, -0.2) is 62.6 Å². The first-order valence-electron chi connectivity index (χ1n) is 11.7. The number of carboxylic acid groups (broad SMARTS) is 1. The number of unbranched alkanes of at least 4 members (excludes halogenated alkanes) is 1. The van der Waals surface area contributed by atoms with Gasteiger partial charge in [0, 0.05) is 24.7 Å². The molecule has 0 bridgehead atoms. The average molecular weight is 511 g/mol. The van der Waals surface area contributed by atoms with Crippen LogP contribution >= 0.6 is 0 Å². The third kappa shape index (κ3) is 7.46. The Labute approximate surface area is 213 Å². The maximum absolute atomic E-state index is 12.6. The Bertz CT molecular complexity index is 1270. The Balaban J connectivity index is 1.59. The summed E-state index contributed by atoms with van der Waals surface area (Å²) >= 11 is 0. The highest BCUT2D eigenvalue weighted by molar-refractivity contribution is 5.97. The Kier molecular flexibility index (Phi) is 9.08. The van der Waals surface area contributed by atoms with E-state index in [0.717, 1.165) is 18.5 Å². The molecule has 6 N–H and O–H groups in total. The number of hydrogen-bond donors (Lipinski definition) is 4. The number of fused-ring (bicyclic) bond motifs is 1. The minimum Gasteiger partial charge on any atom is -0.480 e. The zero-order valence-corrected chi connectivity index (χ0v) is 20.7. The number of carbonyl (C=O) groups is 3. The second-order valence-corrected chi connectivity index (χ2v) is 8.38. The summed E-state index contributed by atoms with van der Waals surface area (Å²) < 4.78 is 5.04. The van der Waals surface area contributed by atoms with Crippen LogP contribution in [0.4, 0.5) is 17.5 Å². The van der Waals surface area contributed by atoms with Crippen molar-refractivity contribution in [2.45, 2.75) is 45.2 Å². The molecule has 0 unspecified atom stereocenters. The van der Waals surface area contributed by atoms with Crippen molar-refractivity contribution in [1.29, 1.82) is 0 Å². The van der Waals surface area contributed by atoms with Crippen LogP contribution in [0.3, 0.4) is 0 Å². The number of amides is 1. The minimum absolute atomic E-state index is 0.0212. The number of aromatic nitrogens is 4. The van der Waals surface area contributed by atoms with Gasteiger partial charge in [-0.05, 0) is 37.1 Å². The van der Waals surface area contributed by atoms with Crippen LogP contribution in [0.25, 0.3) is 11.2 Å². The van der Waals surface area contributed by atoms with Gasteiger partial charge in [0.25, 0.3) is 5.91 Å². The molecule has 0 aliphatic heterocycles. The molecule has 0 radical (unpaired) electrons. The summed E-state index contributed by atoms with van der Waals surface area (Å²) in [6.45, 7) is 2.65. The number of nitrogen functional groups attached to an aromatic ring is 2. The fourth-order valence-corrected chi connectivity index (χ4v) is 3.42. The normalized spacial score (nSPS) is 11.6. The Hall–Kier alpha value is -4.55. The van der Waals surface area contributed by atoms with E-state index in [1.54, 1.807) is 30.5 Å². The number of esters is 1. The number of nitrogens with two attached hydrogens (primary N) is 2. The van der Waals surface area contributed by atoms with Crippen LogP contribution in [0.5, 0.6) is 0 Å². The van der Waals surface area contributed by atoms with Crippen molar-refractivity contribution in [3.05, 3.63) is 41.7 Å². The summed E-state index contributed by atoms with van der Waals surface area (Å²) in [5, 5.41) is 11.9. The van der Waals surface area contributed by atoms with E-state index in [9.17, 15) is 19.5 Å². The van der Waals surface area contributed by atoms with Crippen LogP contribution in [0.2, 0.25) is 0 Å². The van der Waals surface area contributed by atoms with E-state index >= 15 is 0 Å². The fourth-order valence-electron chi connectivity index (χ4n) is 3.42. The maximum Gasteiger partial charge on any atom is 0.326 e. The maximum atomic E-state index is 12.6. The van der Waals surface area contributed by atoms with Gasteiger partial charge in [-0.1, -0.05) is 13.3 Å². The number of anilines is 3. The number of rotatable bonds is 12. The molecule has 0 saturated carbocycles. The molecule has 0 aliphatic rings. The van der Waals surface area contributed by atoms with Crippen LogP contribution in [0.15, 0.2) is 30.5 Å². The van der Waals surface area contributed by atoms with Crippen molar-refractivity contribution in [3.63, 3.8) is 0 Å². The number of aliphatic carboxylic acids is 1. The van der Waals surface area contributed by atoms with Crippen molar-refractivity contribution >= 4 is 46.5 Å². The molecule has 37 heavy (non-hydrogen) atoms. The van der Waals surface area contributed by atoms with Gasteiger partial charge < -0.3 is 31.5 Å². The largest absolute Gasteiger partial charge is 0.480 e. The summed E-state index contributed by atoms with van der Waals surface area (Å²) in [6.07, 6.45) is 3.02.